The van der Waals surface area contributed by atoms with Crippen molar-refractivity contribution in [3.63, 3.8) is 0 Å². The number of nitrogens with zero attached hydrogens (tertiary/aromatic N) is 1. The van der Waals surface area contributed by atoms with E-state index in [4.69, 9.17) is 0 Å². The fourth-order valence-electron chi connectivity index (χ4n) is 3.88. The van der Waals surface area contributed by atoms with Gasteiger partial charge in [0, 0.05) is 19.6 Å². The number of rotatable bonds is 8. The van der Waals surface area contributed by atoms with E-state index in [9.17, 15) is 17.6 Å². The number of sulfonamides is 1. The van der Waals surface area contributed by atoms with Crippen molar-refractivity contribution in [2.75, 3.05) is 25.9 Å². The van der Waals surface area contributed by atoms with Gasteiger partial charge in [-0.25, -0.2) is 17.5 Å². The molecular formula is C23H29FN2O3S. The minimum atomic E-state index is -3.15. The molecule has 5 nitrogen and oxygen atoms in total. The van der Waals surface area contributed by atoms with E-state index in [0.717, 1.165) is 44.2 Å². The summed E-state index contributed by atoms with van der Waals surface area (Å²) in [5.74, 6) is 0.295. The van der Waals surface area contributed by atoms with E-state index in [0.29, 0.717) is 24.4 Å². The molecule has 1 heterocycles. The van der Waals surface area contributed by atoms with Gasteiger partial charge >= 0.3 is 0 Å². The van der Waals surface area contributed by atoms with E-state index < -0.39 is 10.0 Å². The highest BCUT2D eigenvalue weighted by atomic mass is 32.2. The topological polar surface area (TPSA) is 66.5 Å². The Bertz CT molecular complexity index is 953. The Balaban J connectivity index is 1.42. The maximum atomic E-state index is 13.3. The van der Waals surface area contributed by atoms with E-state index >= 15 is 0 Å². The second kappa shape index (κ2) is 10.2. The van der Waals surface area contributed by atoms with Crippen LogP contribution in [-0.4, -0.2) is 45.1 Å². The molecule has 1 amide bonds. The SMILES string of the molecule is CS(=O)(=O)NCCc1ccc(CC2CCN(C(=O)Cc3cccc(F)c3)CC2)cc1. The zero-order chi connectivity index (χ0) is 21.6. The molecule has 0 bridgehead atoms. The van der Waals surface area contributed by atoms with Crippen LogP contribution in [-0.2, 0) is 34.1 Å². The van der Waals surface area contributed by atoms with E-state index in [2.05, 4.69) is 29.0 Å². The van der Waals surface area contributed by atoms with Gasteiger partial charge in [-0.15, -0.1) is 0 Å². The van der Waals surface area contributed by atoms with Crippen LogP contribution in [0.2, 0.25) is 0 Å². The minimum absolute atomic E-state index is 0.0612. The lowest BCUT2D eigenvalue weighted by molar-refractivity contribution is -0.131. The van der Waals surface area contributed by atoms with Gasteiger partial charge in [-0.05, 0) is 60.4 Å². The van der Waals surface area contributed by atoms with Crippen molar-refractivity contribution in [1.82, 2.24) is 9.62 Å². The van der Waals surface area contributed by atoms with Crippen molar-refractivity contribution in [3.8, 4) is 0 Å². The van der Waals surface area contributed by atoms with Crippen molar-refractivity contribution in [3.05, 3.63) is 71.0 Å². The number of benzene rings is 2. The first-order valence-electron chi connectivity index (χ1n) is 10.3. The van der Waals surface area contributed by atoms with Crippen LogP contribution < -0.4 is 4.72 Å². The second-order valence-electron chi connectivity index (χ2n) is 8.07. The molecule has 1 aliphatic heterocycles. The van der Waals surface area contributed by atoms with Crippen LogP contribution >= 0.6 is 0 Å². The summed E-state index contributed by atoms with van der Waals surface area (Å²) in [5.41, 5.74) is 3.08. The van der Waals surface area contributed by atoms with E-state index in [-0.39, 0.29) is 18.1 Å². The molecule has 0 unspecified atom stereocenters. The summed E-state index contributed by atoms with van der Waals surface area (Å²) < 4.78 is 38.0. The van der Waals surface area contributed by atoms with Crippen molar-refractivity contribution in [1.29, 1.82) is 0 Å². The van der Waals surface area contributed by atoms with Crippen LogP contribution in [0, 0.1) is 11.7 Å². The lowest BCUT2D eigenvalue weighted by Crippen LogP contribution is -2.39. The lowest BCUT2D eigenvalue weighted by Gasteiger charge is -2.32. The molecule has 0 atom stereocenters. The molecular weight excluding hydrogens is 403 g/mol. The van der Waals surface area contributed by atoms with Gasteiger partial charge < -0.3 is 4.90 Å². The molecule has 2 aromatic rings. The third-order valence-electron chi connectivity index (χ3n) is 5.54. The Morgan fingerprint density at radius 3 is 2.37 bits per heavy atom. The van der Waals surface area contributed by atoms with E-state index in [1.165, 1.54) is 17.7 Å². The second-order valence-corrected chi connectivity index (χ2v) is 9.90. The Morgan fingerprint density at radius 2 is 1.73 bits per heavy atom. The fourth-order valence-corrected chi connectivity index (χ4v) is 4.35. The maximum Gasteiger partial charge on any atom is 0.226 e. The molecule has 1 aliphatic rings. The molecule has 0 saturated carbocycles. The van der Waals surface area contributed by atoms with Gasteiger partial charge in [0.25, 0.3) is 0 Å². The molecule has 1 fully saturated rings. The smallest absolute Gasteiger partial charge is 0.226 e. The van der Waals surface area contributed by atoms with E-state index in [1.807, 2.05) is 4.90 Å². The van der Waals surface area contributed by atoms with Crippen LogP contribution in [0.15, 0.2) is 48.5 Å². The summed E-state index contributed by atoms with van der Waals surface area (Å²) in [4.78, 5) is 14.4. The van der Waals surface area contributed by atoms with Crippen LogP contribution in [0.1, 0.15) is 29.5 Å². The Morgan fingerprint density at radius 1 is 1.07 bits per heavy atom. The molecule has 7 heteroatoms. The number of nitrogens with one attached hydrogen (secondary N) is 1. The Hall–Kier alpha value is -2.25. The quantitative estimate of drug-likeness (QED) is 0.698. The summed E-state index contributed by atoms with van der Waals surface area (Å²) >= 11 is 0. The number of likely N-dealkylation sites (tertiary alicyclic amines) is 1. The predicted molar refractivity (Wildman–Crippen MR) is 116 cm³/mol. The molecule has 30 heavy (non-hydrogen) atoms. The zero-order valence-corrected chi connectivity index (χ0v) is 18.1. The first kappa shape index (κ1) is 22.4. The first-order chi connectivity index (χ1) is 14.3. The number of carbonyl (C=O) groups is 1. The number of halogens is 1. The Kier molecular flexibility index (Phi) is 7.61. The molecule has 0 aromatic heterocycles. The first-order valence-corrected chi connectivity index (χ1v) is 12.2. The van der Waals surface area contributed by atoms with E-state index in [1.54, 1.807) is 12.1 Å². The summed E-state index contributed by atoms with van der Waals surface area (Å²) in [5, 5.41) is 0. The van der Waals surface area contributed by atoms with Gasteiger partial charge in [0.1, 0.15) is 5.82 Å². The average Bonchev–Trinajstić information content (AvgIpc) is 2.69. The third-order valence-corrected chi connectivity index (χ3v) is 6.27. The fraction of sp³-hybridized carbons (Fsp3) is 0.435. The number of hydrogen-bond acceptors (Lipinski definition) is 3. The normalized spacial score (nSPS) is 15.3. The van der Waals surface area contributed by atoms with Crippen molar-refractivity contribution < 1.29 is 17.6 Å². The lowest BCUT2D eigenvalue weighted by atomic mass is 9.89. The third kappa shape index (κ3) is 7.22. The number of carbonyl (C=O) groups excluding carboxylic acids is 1. The predicted octanol–water partition coefficient (Wildman–Crippen LogP) is 2.94. The number of hydrogen-bond donors (Lipinski definition) is 1. The summed E-state index contributed by atoms with van der Waals surface area (Å²) in [6.45, 7) is 1.89. The standard InChI is InChI=1S/C23H29FN2O3S/c1-30(28,29)25-12-9-18-5-7-19(8-6-18)15-20-10-13-26(14-11-20)23(27)17-21-3-2-4-22(24)16-21/h2-8,16,20,25H,9-15,17H2,1H3. The van der Waals surface area contributed by atoms with Gasteiger partial charge in [0.15, 0.2) is 0 Å². The summed E-state index contributed by atoms with van der Waals surface area (Å²) in [7, 11) is -3.15. The molecule has 2 aromatic carbocycles. The zero-order valence-electron chi connectivity index (χ0n) is 17.3. The molecule has 0 radical (unpaired) electrons. The average molecular weight is 433 g/mol. The highest BCUT2D eigenvalue weighted by Crippen LogP contribution is 2.22. The van der Waals surface area contributed by atoms with Crippen LogP contribution in [0.5, 0.6) is 0 Å². The monoisotopic (exact) mass is 432 g/mol. The maximum absolute atomic E-state index is 13.3. The van der Waals surface area contributed by atoms with Gasteiger partial charge in [0.05, 0.1) is 12.7 Å². The number of piperidine rings is 1. The van der Waals surface area contributed by atoms with Gasteiger partial charge in [-0.3, -0.25) is 4.79 Å². The molecule has 0 spiro atoms. The summed E-state index contributed by atoms with van der Waals surface area (Å²) in [6, 6.07) is 14.6. The largest absolute Gasteiger partial charge is 0.342 e. The van der Waals surface area contributed by atoms with Gasteiger partial charge in [-0.2, -0.15) is 0 Å². The highest BCUT2D eigenvalue weighted by molar-refractivity contribution is 7.88. The molecule has 162 valence electrons. The van der Waals surface area contributed by atoms with Crippen LogP contribution in [0.4, 0.5) is 4.39 Å². The highest BCUT2D eigenvalue weighted by Gasteiger charge is 2.23. The van der Waals surface area contributed by atoms with Crippen LogP contribution in [0.25, 0.3) is 0 Å². The van der Waals surface area contributed by atoms with Crippen molar-refractivity contribution >= 4 is 15.9 Å². The van der Waals surface area contributed by atoms with Crippen LogP contribution in [0.3, 0.4) is 0 Å². The Labute approximate surface area is 178 Å². The molecule has 1 N–H and O–H groups in total. The van der Waals surface area contributed by atoms with Crippen molar-refractivity contribution in [2.24, 2.45) is 5.92 Å². The number of amides is 1. The van der Waals surface area contributed by atoms with Gasteiger partial charge in [-0.1, -0.05) is 36.4 Å². The van der Waals surface area contributed by atoms with Gasteiger partial charge in [0.2, 0.25) is 15.9 Å². The molecule has 3 rings (SSSR count). The van der Waals surface area contributed by atoms with Crippen molar-refractivity contribution in [2.45, 2.75) is 32.1 Å². The summed E-state index contributed by atoms with van der Waals surface area (Å²) in [6.07, 6.45) is 4.99. The molecule has 1 saturated heterocycles. The minimum Gasteiger partial charge on any atom is -0.342 e. The molecule has 0 aliphatic carbocycles.